The molecule has 0 spiro atoms. The SMILES string of the molecule is O=C(Cc1cccc(F)c1F)C1CCC(F)(F)C1. The normalized spacial score (nSPS) is 22.1. The third-order valence-electron chi connectivity index (χ3n) is 3.26. The predicted octanol–water partition coefficient (Wildman–Crippen LogP) is 3.51. The van der Waals surface area contributed by atoms with E-state index in [9.17, 15) is 22.4 Å². The Balaban J connectivity index is 2.06. The van der Waals surface area contributed by atoms with Crippen LogP contribution in [0.3, 0.4) is 0 Å². The Hall–Kier alpha value is -1.39. The molecule has 5 heteroatoms. The van der Waals surface area contributed by atoms with Crippen molar-refractivity contribution < 1.29 is 22.4 Å². The Morgan fingerprint density at radius 2 is 2.06 bits per heavy atom. The number of hydrogen-bond donors (Lipinski definition) is 0. The maximum absolute atomic E-state index is 13.3. The van der Waals surface area contributed by atoms with Gasteiger partial charge in [0.15, 0.2) is 11.6 Å². The zero-order chi connectivity index (χ0) is 13.3. The highest BCUT2D eigenvalue weighted by molar-refractivity contribution is 5.83. The van der Waals surface area contributed by atoms with Crippen molar-refractivity contribution in [2.45, 2.75) is 31.6 Å². The molecule has 1 aliphatic carbocycles. The van der Waals surface area contributed by atoms with Gasteiger partial charge in [-0.3, -0.25) is 4.79 Å². The zero-order valence-electron chi connectivity index (χ0n) is 9.56. The van der Waals surface area contributed by atoms with Crippen molar-refractivity contribution in [3.05, 3.63) is 35.4 Å². The van der Waals surface area contributed by atoms with Gasteiger partial charge >= 0.3 is 0 Å². The number of Topliss-reactive ketones (excluding diaryl/α,β-unsaturated/α-hetero) is 1. The average Bonchev–Trinajstić information content (AvgIpc) is 2.65. The highest BCUT2D eigenvalue weighted by atomic mass is 19.3. The number of carbonyl (C=O) groups excluding carboxylic acids is 1. The van der Waals surface area contributed by atoms with E-state index >= 15 is 0 Å². The van der Waals surface area contributed by atoms with Crippen molar-refractivity contribution in [1.82, 2.24) is 0 Å². The van der Waals surface area contributed by atoms with Crippen LogP contribution in [-0.4, -0.2) is 11.7 Å². The van der Waals surface area contributed by atoms with Crippen molar-refractivity contribution in [2.75, 3.05) is 0 Å². The van der Waals surface area contributed by atoms with E-state index in [1.54, 1.807) is 0 Å². The second-order valence-corrected chi connectivity index (χ2v) is 4.65. The molecule has 1 atom stereocenters. The van der Waals surface area contributed by atoms with Gasteiger partial charge in [-0.15, -0.1) is 0 Å². The van der Waals surface area contributed by atoms with E-state index in [1.807, 2.05) is 0 Å². The first kappa shape index (κ1) is 13.1. The average molecular weight is 260 g/mol. The van der Waals surface area contributed by atoms with Gasteiger partial charge < -0.3 is 0 Å². The van der Waals surface area contributed by atoms with E-state index in [0.717, 1.165) is 6.07 Å². The number of benzene rings is 1. The first-order valence-corrected chi connectivity index (χ1v) is 5.72. The van der Waals surface area contributed by atoms with Gasteiger partial charge in [-0.2, -0.15) is 0 Å². The second-order valence-electron chi connectivity index (χ2n) is 4.65. The second kappa shape index (κ2) is 4.71. The number of rotatable bonds is 3. The minimum atomic E-state index is -2.80. The fraction of sp³-hybridized carbons (Fsp3) is 0.462. The monoisotopic (exact) mass is 260 g/mol. The molecule has 0 amide bonds. The van der Waals surface area contributed by atoms with Gasteiger partial charge in [-0.25, -0.2) is 17.6 Å². The Labute approximate surface area is 102 Å². The van der Waals surface area contributed by atoms with E-state index in [4.69, 9.17) is 0 Å². The van der Waals surface area contributed by atoms with Gasteiger partial charge in [0.2, 0.25) is 5.92 Å². The van der Waals surface area contributed by atoms with Gasteiger partial charge in [0.1, 0.15) is 5.78 Å². The van der Waals surface area contributed by atoms with Crippen molar-refractivity contribution in [3.8, 4) is 0 Å². The summed E-state index contributed by atoms with van der Waals surface area (Å²) in [5, 5.41) is 0. The number of ketones is 1. The van der Waals surface area contributed by atoms with Crippen molar-refractivity contribution in [3.63, 3.8) is 0 Å². The molecule has 1 aromatic rings. The third kappa shape index (κ3) is 2.71. The molecule has 1 saturated carbocycles. The van der Waals surface area contributed by atoms with Crippen LogP contribution in [-0.2, 0) is 11.2 Å². The summed E-state index contributed by atoms with van der Waals surface area (Å²) < 4.78 is 52.2. The molecule has 0 bridgehead atoms. The van der Waals surface area contributed by atoms with Gasteiger partial charge in [-0.1, -0.05) is 12.1 Å². The van der Waals surface area contributed by atoms with Gasteiger partial charge in [0.25, 0.3) is 0 Å². The molecule has 98 valence electrons. The van der Waals surface area contributed by atoms with Crippen LogP contribution in [0.15, 0.2) is 18.2 Å². The van der Waals surface area contributed by atoms with Gasteiger partial charge in [0, 0.05) is 25.2 Å². The minimum Gasteiger partial charge on any atom is -0.299 e. The third-order valence-corrected chi connectivity index (χ3v) is 3.26. The van der Waals surface area contributed by atoms with Crippen LogP contribution >= 0.6 is 0 Å². The molecule has 0 N–H and O–H groups in total. The quantitative estimate of drug-likeness (QED) is 0.760. The molecule has 18 heavy (non-hydrogen) atoms. The summed E-state index contributed by atoms with van der Waals surface area (Å²) in [4.78, 5) is 11.7. The topological polar surface area (TPSA) is 17.1 Å². The van der Waals surface area contributed by atoms with Crippen molar-refractivity contribution >= 4 is 5.78 Å². The Bertz CT molecular complexity index is 470. The van der Waals surface area contributed by atoms with Crippen LogP contribution < -0.4 is 0 Å². The molecule has 0 heterocycles. The number of halogens is 4. The first-order valence-electron chi connectivity index (χ1n) is 5.72. The van der Waals surface area contributed by atoms with E-state index in [0.29, 0.717) is 0 Å². The Morgan fingerprint density at radius 3 is 2.67 bits per heavy atom. The van der Waals surface area contributed by atoms with E-state index in [2.05, 4.69) is 0 Å². The Kier molecular flexibility index (Phi) is 3.41. The summed E-state index contributed by atoms with van der Waals surface area (Å²) in [6, 6.07) is 3.54. The van der Waals surface area contributed by atoms with Crippen molar-refractivity contribution in [2.24, 2.45) is 5.92 Å². The summed E-state index contributed by atoms with van der Waals surface area (Å²) in [5.74, 6) is -6.10. The fourth-order valence-corrected chi connectivity index (χ4v) is 2.24. The lowest BCUT2D eigenvalue weighted by Crippen LogP contribution is -2.18. The highest BCUT2D eigenvalue weighted by Gasteiger charge is 2.42. The zero-order valence-corrected chi connectivity index (χ0v) is 9.56. The van der Waals surface area contributed by atoms with Crippen LogP contribution in [0.25, 0.3) is 0 Å². The lowest BCUT2D eigenvalue weighted by Gasteiger charge is -2.10. The van der Waals surface area contributed by atoms with Crippen LogP contribution in [0, 0.1) is 17.6 Å². The molecular formula is C13H12F4O. The number of hydrogen-bond acceptors (Lipinski definition) is 1. The largest absolute Gasteiger partial charge is 0.299 e. The molecule has 1 aliphatic rings. The van der Waals surface area contributed by atoms with Crippen LogP contribution in [0.4, 0.5) is 17.6 Å². The van der Waals surface area contributed by atoms with E-state index in [-0.39, 0.29) is 24.8 Å². The number of carbonyl (C=O) groups is 1. The van der Waals surface area contributed by atoms with Crippen LogP contribution in [0.1, 0.15) is 24.8 Å². The van der Waals surface area contributed by atoms with Gasteiger partial charge in [-0.05, 0) is 18.1 Å². The lowest BCUT2D eigenvalue weighted by atomic mass is 9.96. The van der Waals surface area contributed by atoms with Crippen LogP contribution in [0.5, 0.6) is 0 Å². The molecule has 0 aliphatic heterocycles. The van der Waals surface area contributed by atoms with Crippen LogP contribution in [0.2, 0.25) is 0 Å². The fourth-order valence-electron chi connectivity index (χ4n) is 2.24. The molecule has 1 aromatic carbocycles. The highest BCUT2D eigenvalue weighted by Crippen LogP contribution is 2.39. The van der Waals surface area contributed by atoms with E-state index < -0.39 is 35.7 Å². The molecule has 1 nitrogen and oxygen atoms in total. The molecule has 0 radical (unpaired) electrons. The molecule has 1 fully saturated rings. The standard InChI is InChI=1S/C13H12F4O/c14-10-3-1-2-8(12(10)15)6-11(18)9-4-5-13(16,17)7-9/h1-3,9H,4-7H2. The first-order chi connectivity index (χ1) is 8.39. The summed E-state index contributed by atoms with van der Waals surface area (Å²) >= 11 is 0. The summed E-state index contributed by atoms with van der Waals surface area (Å²) in [6.07, 6.45) is -1.01. The summed E-state index contributed by atoms with van der Waals surface area (Å²) in [5.41, 5.74) is -0.0739. The maximum atomic E-state index is 13.3. The smallest absolute Gasteiger partial charge is 0.248 e. The van der Waals surface area contributed by atoms with E-state index in [1.165, 1.54) is 12.1 Å². The predicted molar refractivity (Wildman–Crippen MR) is 57.4 cm³/mol. The lowest BCUT2D eigenvalue weighted by molar-refractivity contribution is -0.123. The van der Waals surface area contributed by atoms with Gasteiger partial charge in [0.05, 0.1) is 0 Å². The summed E-state index contributed by atoms with van der Waals surface area (Å²) in [7, 11) is 0. The molecular weight excluding hydrogens is 248 g/mol. The summed E-state index contributed by atoms with van der Waals surface area (Å²) in [6.45, 7) is 0. The molecule has 0 saturated heterocycles. The minimum absolute atomic E-state index is 0.0739. The maximum Gasteiger partial charge on any atom is 0.248 e. The molecule has 0 aromatic heterocycles. The number of alkyl halides is 2. The molecule has 1 unspecified atom stereocenters. The Morgan fingerprint density at radius 1 is 1.33 bits per heavy atom. The van der Waals surface area contributed by atoms with Crippen molar-refractivity contribution in [1.29, 1.82) is 0 Å². The molecule has 2 rings (SSSR count).